The minimum absolute atomic E-state index is 0.0366. The summed E-state index contributed by atoms with van der Waals surface area (Å²) in [4.78, 5) is 42.1. The number of nitrogens with one attached hydrogen (secondary N) is 3. The van der Waals surface area contributed by atoms with E-state index >= 15 is 0 Å². The molecule has 2 fully saturated rings. The van der Waals surface area contributed by atoms with Gasteiger partial charge in [0.05, 0.1) is 19.2 Å². The van der Waals surface area contributed by atoms with Crippen molar-refractivity contribution in [1.29, 1.82) is 0 Å². The summed E-state index contributed by atoms with van der Waals surface area (Å²) in [6.07, 6.45) is 6.92. The second-order valence-electron chi connectivity index (χ2n) is 9.63. The van der Waals surface area contributed by atoms with E-state index < -0.39 is 17.5 Å². The molecular weight excluding hydrogens is 486 g/mol. The number of fused-ring (bicyclic) bond motifs is 1. The molecule has 0 bridgehead atoms. The molecule has 192 valence electrons. The molecule has 1 atom stereocenters. The lowest BCUT2D eigenvalue weighted by Gasteiger charge is -2.27. The van der Waals surface area contributed by atoms with Crippen molar-refractivity contribution in [2.24, 2.45) is 0 Å². The zero-order valence-electron chi connectivity index (χ0n) is 20.5. The van der Waals surface area contributed by atoms with E-state index in [-0.39, 0.29) is 24.4 Å². The summed E-state index contributed by atoms with van der Waals surface area (Å²) in [5.41, 5.74) is 1.11. The van der Waals surface area contributed by atoms with Crippen LogP contribution < -0.4 is 20.7 Å². The second kappa shape index (κ2) is 8.91. The van der Waals surface area contributed by atoms with Gasteiger partial charge in [-0.1, -0.05) is 24.3 Å². The normalized spacial score (nSPS) is 18.8. The number of carbonyl (C=O) groups excluding carboxylic acids is 3. The summed E-state index contributed by atoms with van der Waals surface area (Å²) >= 11 is 0. The fraction of sp³-hybridized carbons (Fsp3) is 0.214. The number of nitrogens with zero attached hydrogens (tertiary/aromatic N) is 2. The van der Waals surface area contributed by atoms with E-state index in [1.807, 2.05) is 18.2 Å². The molecule has 4 amide bonds. The number of hydrogen-bond donors (Lipinski definition) is 4. The van der Waals surface area contributed by atoms with Gasteiger partial charge in [0, 0.05) is 41.0 Å². The SMILES string of the molecule is COc1ccc2cn(CC3(c4ccc(-c5cncc(C(=O)NC6CC6)c5)cc4)NC(=O)NC3=O)c(O)c2c1. The number of ether oxygens (including phenoxy) is 1. The van der Waals surface area contributed by atoms with Crippen molar-refractivity contribution in [1.82, 2.24) is 25.5 Å². The lowest BCUT2D eigenvalue weighted by Crippen LogP contribution is -2.47. The standard InChI is InChI=1S/C28H25N5O5/c1-38-22-9-4-17-14-33(25(35)23(17)11-22)15-28(26(36)31-27(37)32-28)20-5-2-16(3-6-20)18-10-19(13-29-12-18)24(34)30-21-7-8-21/h2-6,9-14,21,35H,7-8,15H2,1H3,(H,30,34)(H2,31,32,36,37). The minimum Gasteiger partial charge on any atom is -0.497 e. The molecule has 1 saturated heterocycles. The van der Waals surface area contributed by atoms with Gasteiger partial charge in [-0.25, -0.2) is 4.79 Å². The topological polar surface area (TPSA) is 135 Å². The number of imide groups is 1. The van der Waals surface area contributed by atoms with E-state index in [2.05, 4.69) is 20.9 Å². The molecule has 0 spiro atoms. The molecule has 10 nitrogen and oxygen atoms in total. The lowest BCUT2D eigenvalue weighted by molar-refractivity contribution is -0.124. The predicted molar refractivity (Wildman–Crippen MR) is 139 cm³/mol. The highest BCUT2D eigenvalue weighted by molar-refractivity contribution is 6.07. The molecule has 2 aliphatic rings. The Hall–Kier alpha value is -4.86. The fourth-order valence-electron chi connectivity index (χ4n) is 4.79. The Morgan fingerprint density at radius 1 is 1.13 bits per heavy atom. The van der Waals surface area contributed by atoms with Crippen molar-refractivity contribution < 1.29 is 24.2 Å². The number of benzene rings is 2. The van der Waals surface area contributed by atoms with Crippen LogP contribution >= 0.6 is 0 Å². The first-order chi connectivity index (χ1) is 18.4. The largest absolute Gasteiger partial charge is 0.497 e. The van der Waals surface area contributed by atoms with Crippen LogP contribution in [0.4, 0.5) is 4.79 Å². The number of aromatic nitrogens is 2. The maximum Gasteiger partial charge on any atom is 0.322 e. The average molecular weight is 512 g/mol. The molecule has 4 aromatic rings. The van der Waals surface area contributed by atoms with Gasteiger partial charge in [-0.2, -0.15) is 0 Å². The van der Waals surface area contributed by atoms with Crippen LogP contribution in [0.1, 0.15) is 28.8 Å². The van der Waals surface area contributed by atoms with Crippen LogP contribution in [-0.2, 0) is 16.9 Å². The van der Waals surface area contributed by atoms with Crippen molar-refractivity contribution >= 4 is 28.6 Å². The van der Waals surface area contributed by atoms with Crippen molar-refractivity contribution in [3.05, 3.63) is 78.2 Å². The first-order valence-electron chi connectivity index (χ1n) is 12.2. The quantitative estimate of drug-likeness (QED) is 0.282. The summed E-state index contributed by atoms with van der Waals surface area (Å²) in [7, 11) is 1.54. The molecule has 2 aromatic heterocycles. The van der Waals surface area contributed by atoms with E-state index in [0.29, 0.717) is 22.3 Å². The number of rotatable bonds is 7. The van der Waals surface area contributed by atoms with Gasteiger partial charge in [-0.3, -0.25) is 19.9 Å². The van der Waals surface area contributed by atoms with Gasteiger partial charge in [0.15, 0.2) is 11.4 Å². The molecule has 1 aliphatic carbocycles. The Bertz CT molecular complexity index is 1590. The number of amides is 4. The van der Waals surface area contributed by atoms with Crippen molar-refractivity contribution in [3.63, 3.8) is 0 Å². The molecule has 10 heteroatoms. The van der Waals surface area contributed by atoms with Crippen LogP contribution in [0.2, 0.25) is 0 Å². The van der Waals surface area contributed by atoms with Crippen LogP contribution in [0, 0.1) is 0 Å². The molecule has 38 heavy (non-hydrogen) atoms. The highest BCUT2D eigenvalue weighted by Gasteiger charge is 2.48. The molecule has 1 aliphatic heterocycles. The van der Waals surface area contributed by atoms with Crippen LogP contribution in [0.25, 0.3) is 21.9 Å². The summed E-state index contributed by atoms with van der Waals surface area (Å²) in [6.45, 7) is -0.0366. The van der Waals surface area contributed by atoms with Gasteiger partial charge >= 0.3 is 6.03 Å². The summed E-state index contributed by atoms with van der Waals surface area (Å²) < 4.78 is 6.80. The molecule has 0 radical (unpaired) electrons. The van der Waals surface area contributed by atoms with Gasteiger partial charge < -0.3 is 25.0 Å². The number of carbonyl (C=O) groups is 3. The third kappa shape index (κ3) is 4.09. The van der Waals surface area contributed by atoms with E-state index in [4.69, 9.17) is 4.74 Å². The minimum atomic E-state index is -1.45. The first kappa shape index (κ1) is 23.5. The molecule has 1 saturated carbocycles. The molecule has 2 aromatic carbocycles. The highest BCUT2D eigenvalue weighted by atomic mass is 16.5. The Balaban J connectivity index is 1.33. The Morgan fingerprint density at radius 2 is 1.92 bits per heavy atom. The van der Waals surface area contributed by atoms with Gasteiger partial charge in [-0.15, -0.1) is 0 Å². The average Bonchev–Trinajstić information content (AvgIpc) is 3.63. The summed E-state index contributed by atoms with van der Waals surface area (Å²) in [5, 5.41) is 20.3. The maximum absolute atomic E-state index is 13.1. The lowest BCUT2D eigenvalue weighted by atomic mass is 9.88. The van der Waals surface area contributed by atoms with Crippen molar-refractivity contribution in [2.45, 2.75) is 31.0 Å². The second-order valence-corrected chi connectivity index (χ2v) is 9.63. The zero-order valence-corrected chi connectivity index (χ0v) is 20.5. The van der Waals surface area contributed by atoms with Crippen molar-refractivity contribution in [2.75, 3.05) is 7.11 Å². The maximum atomic E-state index is 13.1. The van der Waals surface area contributed by atoms with E-state index in [1.165, 1.54) is 10.8 Å². The monoisotopic (exact) mass is 511 g/mol. The van der Waals surface area contributed by atoms with E-state index in [9.17, 15) is 19.5 Å². The van der Waals surface area contributed by atoms with E-state index in [0.717, 1.165) is 29.4 Å². The van der Waals surface area contributed by atoms with Gasteiger partial charge in [-0.05, 0) is 48.2 Å². The Morgan fingerprint density at radius 3 is 2.61 bits per heavy atom. The summed E-state index contributed by atoms with van der Waals surface area (Å²) in [5.74, 6) is -0.132. The third-order valence-electron chi connectivity index (χ3n) is 7.04. The van der Waals surface area contributed by atoms with Gasteiger partial charge in [0.25, 0.3) is 11.8 Å². The zero-order chi connectivity index (χ0) is 26.4. The van der Waals surface area contributed by atoms with Crippen LogP contribution in [0.15, 0.2) is 67.1 Å². The third-order valence-corrected chi connectivity index (χ3v) is 7.04. The fourth-order valence-corrected chi connectivity index (χ4v) is 4.79. The molecular formula is C28H25N5O5. The Labute approximate surface area is 217 Å². The molecule has 1 unspecified atom stereocenters. The van der Waals surface area contributed by atoms with Gasteiger partial charge in [0.1, 0.15) is 5.75 Å². The smallest absolute Gasteiger partial charge is 0.322 e. The van der Waals surface area contributed by atoms with E-state index in [1.54, 1.807) is 49.8 Å². The van der Waals surface area contributed by atoms with Crippen LogP contribution in [-0.4, -0.2) is 45.7 Å². The summed E-state index contributed by atoms with van der Waals surface area (Å²) in [6, 6.07) is 13.8. The Kier molecular flexibility index (Phi) is 5.52. The number of urea groups is 1. The van der Waals surface area contributed by atoms with Crippen LogP contribution in [0.3, 0.4) is 0 Å². The van der Waals surface area contributed by atoms with Crippen molar-refractivity contribution in [3.8, 4) is 22.8 Å². The number of hydrogen-bond acceptors (Lipinski definition) is 6. The van der Waals surface area contributed by atoms with Crippen LogP contribution in [0.5, 0.6) is 11.6 Å². The predicted octanol–water partition coefficient (Wildman–Crippen LogP) is 3.04. The van der Waals surface area contributed by atoms with Gasteiger partial charge in [0.2, 0.25) is 0 Å². The first-order valence-corrected chi connectivity index (χ1v) is 12.2. The molecule has 4 N–H and O–H groups in total. The highest BCUT2D eigenvalue weighted by Crippen LogP contribution is 2.35. The number of pyridine rings is 1. The number of methoxy groups -OCH3 is 1. The number of aromatic hydroxyl groups is 1. The molecule has 6 rings (SSSR count). The molecule has 3 heterocycles.